The van der Waals surface area contributed by atoms with Gasteiger partial charge in [-0.3, -0.25) is 0 Å². The van der Waals surface area contributed by atoms with Crippen LogP contribution in [0.4, 0.5) is 0 Å². The molecule has 7 nitrogen and oxygen atoms in total. The number of benzene rings is 1. The number of ether oxygens (including phenoxy) is 1. The molecular formula is C13H13N3O4. The highest BCUT2D eigenvalue weighted by Gasteiger charge is 2.12. The second kappa shape index (κ2) is 5.96. The lowest BCUT2D eigenvalue weighted by atomic mass is 10.1. The molecule has 1 N–H and O–H groups in total. The van der Waals surface area contributed by atoms with Gasteiger partial charge < -0.3 is 9.84 Å². The van der Waals surface area contributed by atoms with E-state index in [0.29, 0.717) is 12.2 Å². The van der Waals surface area contributed by atoms with Crippen LogP contribution in [-0.4, -0.2) is 38.6 Å². The lowest BCUT2D eigenvalue weighted by Gasteiger charge is -2.05. The SMILES string of the molecule is CCOC(=O)c1ccc(Cn2nncc2C(=O)O)cc1. The van der Waals surface area contributed by atoms with E-state index in [2.05, 4.69) is 10.3 Å². The number of rotatable bonds is 5. The Morgan fingerprint density at radius 2 is 2.00 bits per heavy atom. The molecule has 0 fully saturated rings. The molecule has 0 aliphatic heterocycles. The number of aromatic nitrogens is 3. The molecule has 0 saturated carbocycles. The predicted molar refractivity (Wildman–Crippen MR) is 68.5 cm³/mol. The lowest BCUT2D eigenvalue weighted by molar-refractivity contribution is 0.0526. The molecule has 0 radical (unpaired) electrons. The Bertz CT molecular complexity index is 619. The first-order chi connectivity index (χ1) is 9.61. The molecule has 0 unspecified atom stereocenters. The number of nitrogens with zero attached hydrogens (tertiary/aromatic N) is 3. The van der Waals surface area contributed by atoms with Crippen LogP contribution in [0.15, 0.2) is 30.5 Å². The number of esters is 1. The molecule has 0 saturated heterocycles. The summed E-state index contributed by atoms with van der Waals surface area (Å²) >= 11 is 0. The van der Waals surface area contributed by atoms with Crippen molar-refractivity contribution in [1.82, 2.24) is 15.0 Å². The highest BCUT2D eigenvalue weighted by Crippen LogP contribution is 2.08. The van der Waals surface area contributed by atoms with E-state index in [9.17, 15) is 9.59 Å². The van der Waals surface area contributed by atoms with Crippen LogP contribution in [0.25, 0.3) is 0 Å². The maximum Gasteiger partial charge on any atom is 0.355 e. The topological polar surface area (TPSA) is 94.3 Å². The quantitative estimate of drug-likeness (QED) is 0.824. The summed E-state index contributed by atoms with van der Waals surface area (Å²) in [5, 5.41) is 16.2. The summed E-state index contributed by atoms with van der Waals surface area (Å²) in [5.41, 5.74) is 1.28. The molecule has 1 aromatic heterocycles. The molecule has 2 aromatic rings. The fourth-order valence-electron chi connectivity index (χ4n) is 1.67. The van der Waals surface area contributed by atoms with Crippen molar-refractivity contribution in [1.29, 1.82) is 0 Å². The molecule has 0 atom stereocenters. The van der Waals surface area contributed by atoms with E-state index in [1.807, 2.05) is 0 Å². The van der Waals surface area contributed by atoms with Crippen LogP contribution in [0.2, 0.25) is 0 Å². The van der Waals surface area contributed by atoms with Crippen LogP contribution in [-0.2, 0) is 11.3 Å². The maximum atomic E-state index is 11.5. The monoisotopic (exact) mass is 275 g/mol. The zero-order valence-corrected chi connectivity index (χ0v) is 10.8. The average Bonchev–Trinajstić information content (AvgIpc) is 2.88. The first kappa shape index (κ1) is 13.7. The van der Waals surface area contributed by atoms with Crippen molar-refractivity contribution < 1.29 is 19.4 Å². The zero-order valence-electron chi connectivity index (χ0n) is 10.8. The van der Waals surface area contributed by atoms with E-state index < -0.39 is 5.97 Å². The molecule has 20 heavy (non-hydrogen) atoms. The van der Waals surface area contributed by atoms with Gasteiger partial charge >= 0.3 is 11.9 Å². The molecule has 104 valence electrons. The largest absolute Gasteiger partial charge is 0.476 e. The van der Waals surface area contributed by atoms with Gasteiger partial charge in [-0.2, -0.15) is 0 Å². The number of carboxylic acid groups (broad SMARTS) is 1. The van der Waals surface area contributed by atoms with E-state index >= 15 is 0 Å². The molecule has 2 rings (SSSR count). The summed E-state index contributed by atoms with van der Waals surface area (Å²) in [5.74, 6) is -1.47. The van der Waals surface area contributed by atoms with Crippen LogP contribution < -0.4 is 0 Å². The molecule has 0 aliphatic carbocycles. The van der Waals surface area contributed by atoms with Crippen molar-refractivity contribution in [2.75, 3.05) is 6.61 Å². The summed E-state index contributed by atoms with van der Waals surface area (Å²) < 4.78 is 6.16. The number of carboxylic acids is 1. The van der Waals surface area contributed by atoms with Gasteiger partial charge in [-0.15, -0.1) is 5.10 Å². The Morgan fingerprint density at radius 1 is 1.30 bits per heavy atom. The van der Waals surface area contributed by atoms with Gasteiger partial charge in [0.1, 0.15) is 0 Å². The minimum absolute atomic E-state index is 0.0134. The molecule has 7 heteroatoms. The van der Waals surface area contributed by atoms with Crippen LogP contribution in [0, 0.1) is 0 Å². The molecular weight excluding hydrogens is 262 g/mol. The van der Waals surface area contributed by atoms with Gasteiger partial charge in [0, 0.05) is 0 Å². The van der Waals surface area contributed by atoms with Gasteiger partial charge in [0.15, 0.2) is 5.69 Å². The van der Waals surface area contributed by atoms with E-state index in [4.69, 9.17) is 9.84 Å². The third-order valence-electron chi connectivity index (χ3n) is 2.63. The summed E-state index contributed by atoms with van der Waals surface area (Å²) in [6, 6.07) is 6.70. The Balaban J connectivity index is 2.13. The fourth-order valence-corrected chi connectivity index (χ4v) is 1.67. The Labute approximate surface area is 114 Å². The lowest BCUT2D eigenvalue weighted by Crippen LogP contribution is -2.11. The van der Waals surface area contributed by atoms with Crippen LogP contribution >= 0.6 is 0 Å². The summed E-state index contributed by atoms with van der Waals surface area (Å²) in [4.78, 5) is 22.4. The molecule has 1 heterocycles. The van der Waals surface area contributed by atoms with Gasteiger partial charge in [0.05, 0.1) is 24.9 Å². The van der Waals surface area contributed by atoms with Crippen molar-refractivity contribution >= 4 is 11.9 Å². The van der Waals surface area contributed by atoms with E-state index in [1.165, 1.54) is 10.9 Å². The number of hydrogen-bond acceptors (Lipinski definition) is 5. The first-order valence-electron chi connectivity index (χ1n) is 5.99. The van der Waals surface area contributed by atoms with Gasteiger partial charge in [-0.05, 0) is 24.6 Å². The van der Waals surface area contributed by atoms with Crippen LogP contribution in [0.1, 0.15) is 33.3 Å². The normalized spacial score (nSPS) is 10.2. The number of aromatic carboxylic acids is 1. The van der Waals surface area contributed by atoms with E-state index in [0.717, 1.165) is 5.56 Å². The Kier molecular flexibility index (Phi) is 4.09. The van der Waals surface area contributed by atoms with Gasteiger partial charge in [0.2, 0.25) is 0 Å². The second-order valence-electron chi connectivity index (χ2n) is 4.00. The number of hydrogen-bond donors (Lipinski definition) is 1. The Morgan fingerprint density at radius 3 is 2.60 bits per heavy atom. The third kappa shape index (κ3) is 3.00. The smallest absolute Gasteiger partial charge is 0.355 e. The number of carbonyl (C=O) groups is 2. The fraction of sp³-hybridized carbons (Fsp3) is 0.231. The predicted octanol–water partition coefficient (Wildman–Crippen LogP) is 1.20. The van der Waals surface area contributed by atoms with Crippen LogP contribution in [0.5, 0.6) is 0 Å². The molecule has 0 bridgehead atoms. The minimum atomic E-state index is -1.09. The van der Waals surface area contributed by atoms with Crippen molar-refractivity contribution in [3.8, 4) is 0 Å². The summed E-state index contributed by atoms with van der Waals surface area (Å²) in [7, 11) is 0. The zero-order chi connectivity index (χ0) is 14.5. The molecule has 0 spiro atoms. The van der Waals surface area contributed by atoms with Gasteiger partial charge in [0.25, 0.3) is 0 Å². The minimum Gasteiger partial charge on any atom is -0.476 e. The Hall–Kier alpha value is -2.70. The first-order valence-corrected chi connectivity index (χ1v) is 5.99. The van der Waals surface area contributed by atoms with Crippen molar-refractivity contribution in [3.63, 3.8) is 0 Å². The van der Waals surface area contributed by atoms with Gasteiger partial charge in [-0.25, -0.2) is 14.3 Å². The van der Waals surface area contributed by atoms with E-state index in [1.54, 1.807) is 31.2 Å². The van der Waals surface area contributed by atoms with Crippen molar-refractivity contribution in [2.24, 2.45) is 0 Å². The highest BCUT2D eigenvalue weighted by molar-refractivity contribution is 5.89. The summed E-state index contributed by atoms with van der Waals surface area (Å²) in [6.45, 7) is 2.33. The maximum absolute atomic E-state index is 11.5. The van der Waals surface area contributed by atoms with E-state index in [-0.39, 0.29) is 18.2 Å². The molecule has 0 amide bonds. The van der Waals surface area contributed by atoms with Crippen molar-refractivity contribution in [3.05, 3.63) is 47.3 Å². The third-order valence-corrected chi connectivity index (χ3v) is 2.63. The highest BCUT2D eigenvalue weighted by atomic mass is 16.5. The second-order valence-corrected chi connectivity index (χ2v) is 4.00. The molecule has 1 aromatic carbocycles. The average molecular weight is 275 g/mol. The standard InChI is InChI=1S/C13H13N3O4/c1-2-20-13(19)10-5-3-9(4-6-10)8-16-11(12(17)18)7-14-15-16/h3-7H,2,8H2,1H3,(H,17,18). The number of carbonyl (C=O) groups excluding carboxylic acids is 1. The van der Waals surface area contributed by atoms with Gasteiger partial charge in [-0.1, -0.05) is 17.3 Å². The van der Waals surface area contributed by atoms with Crippen LogP contribution in [0.3, 0.4) is 0 Å². The molecule has 0 aliphatic rings. The summed E-state index contributed by atoms with van der Waals surface area (Å²) in [6.07, 6.45) is 1.19. The van der Waals surface area contributed by atoms with Crippen molar-refractivity contribution in [2.45, 2.75) is 13.5 Å².